The second-order valence-electron chi connectivity index (χ2n) is 8.24. The SMILES string of the molecule is COCc1nc(N)c(C(=O)Nc2ccc(Oc3ccccc3CCC(C)C)cc2)cc1C. The number of nitrogen functional groups attached to an aromatic ring is 1. The zero-order chi connectivity index (χ0) is 23.1. The first-order valence-electron chi connectivity index (χ1n) is 10.8. The van der Waals surface area contributed by atoms with Gasteiger partial charge in [-0.2, -0.15) is 0 Å². The fraction of sp³-hybridized carbons (Fsp3) is 0.308. The molecule has 0 radical (unpaired) electrons. The Morgan fingerprint density at radius 3 is 2.53 bits per heavy atom. The van der Waals surface area contributed by atoms with E-state index in [1.165, 1.54) is 5.56 Å². The molecule has 6 nitrogen and oxygen atoms in total. The average molecular weight is 434 g/mol. The lowest BCUT2D eigenvalue weighted by Gasteiger charge is -2.13. The van der Waals surface area contributed by atoms with Gasteiger partial charge in [-0.3, -0.25) is 4.79 Å². The van der Waals surface area contributed by atoms with Gasteiger partial charge < -0.3 is 20.5 Å². The summed E-state index contributed by atoms with van der Waals surface area (Å²) in [6, 6.07) is 17.1. The van der Waals surface area contributed by atoms with Crippen LogP contribution in [0, 0.1) is 12.8 Å². The van der Waals surface area contributed by atoms with Crippen molar-refractivity contribution >= 4 is 17.4 Å². The second kappa shape index (κ2) is 10.8. The maximum Gasteiger partial charge on any atom is 0.259 e. The smallest absolute Gasteiger partial charge is 0.259 e. The summed E-state index contributed by atoms with van der Waals surface area (Å²) in [7, 11) is 1.59. The van der Waals surface area contributed by atoms with Crippen molar-refractivity contribution in [1.29, 1.82) is 0 Å². The summed E-state index contributed by atoms with van der Waals surface area (Å²) >= 11 is 0. The third-order valence-corrected chi connectivity index (χ3v) is 5.18. The van der Waals surface area contributed by atoms with Crippen molar-refractivity contribution in [3.05, 3.63) is 77.0 Å². The molecule has 3 aromatic rings. The van der Waals surface area contributed by atoms with Gasteiger partial charge in [0.1, 0.15) is 17.3 Å². The van der Waals surface area contributed by atoms with E-state index in [1.54, 1.807) is 25.3 Å². The highest BCUT2D eigenvalue weighted by Gasteiger charge is 2.14. The number of pyridine rings is 1. The first-order chi connectivity index (χ1) is 15.4. The van der Waals surface area contributed by atoms with Crippen LogP contribution in [0.1, 0.15) is 47.4 Å². The van der Waals surface area contributed by atoms with Gasteiger partial charge in [0.2, 0.25) is 0 Å². The zero-order valence-corrected chi connectivity index (χ0v) is 19.1. The first kappa shape index (κ1) is 23.3. The third kappa shape index (κ3) is 6.08. The Bertz CT molecular complexity index is 1060. The van der Waals surface area contributed by atoms with E-state index in [4.69, 9.17) is 15.2 Å². The molecular formula is C26H31N3O3. The first-order valence-corrected chi connectivity index (χ1v) is 10.8. The zero-order valence-electron chi connectivity index (χ0n) is 19.1. The molecule has 1 aromatic heterocycles. The molecule has 3 N–H and O–H groups in total. The summed E-state index contributed by atoms with van der Waals surface area (Å²) in [6.07, 6.45) is 2.08. The lowest BCUT2D eigenvalue weighted by Crippen LogP contribution is -2.16. The summed E-state index contributed by atoms with van der Waals surface area (Å²) in [5.74, 6) is 2.07. The molecule has 0 aliphatic rings. The van der Waals surface area contributed by atoms with Crippen LogP contribution in [0.25, 0.3) is 0 Å². The molecule has 0 unspecified atom stereocenters. The standard InChI is InChI=1S/C26H31N3O3/c1-17(2)9-10-19-7-5-6-8-24(19)32-21-13-11-20(12-14-21)28-26(30)22-15-18(3)23(16-31-4)29-25(22)27/h5-8,11-15,17H,9-10,16H2,1-4H3,(H2,27,29)(H,28,30). The fourth-order valence-electron chi connectivity index (χ4n) is 3.32. The Hall–Kier alpha value is -3.38. The third-order valence-electron chi connectivity index (χ3n) is 5.18. The van der Waals surface area contributed by atoms with Crippen molar-refractivity contribution in [2.45, 2.75) is 40.2 Å². The summed E-state index contributed by atoms with van der Waals surface area (Å²) in [5, 5.41) is 2.87. The normalized spacial score (nSPS) is 10.9. The highest BCUT2D eigenvalue weighted by Crippen LogP contribution is 2.28. The molecule has 3 rings (SSSR count). The monoisotopic (exact) mass is 433 g/mol. The maximum atomic E-state index is 12.7. The number of nitrogens with one attached hydrogen (secondary N) is 1. The summed E-state index contributed by atoms with van der Waals surface area (Å²) in [6.45, 7) is 6.66. The number of para-hydroxylation sites is 1. The van der Waals surface area contributed by atoms with E-state index in [-0.39, 0.29) is 11.7 Å². The van der Waals surface area contributed by atoms with Crippen molar-refractivity contribution in [2.75, 3.05) is 18.2 Å². The number of hydrogen-bond donors (Lipinski definition) is 2. The Morgan fingerprint density at radius 1 is 1.12 bits per heavy atom. The highest BCUT2D eigenvalue weighted by atomic mass is 16.5. The quantitative estimate of drug-likeness (QED) is 0.448. The molecule has 0 spiro atoms. The van der Waals surface area contributed by atoms with Crippen LogP contribution in [0.5, 0.6) is 11.5 Å². The molecule has 32 heavy (non-hydrogen) atoms. The van der Waals surface area contributed by atoms with Crippen molar-refractivity contribution in [1.82, 2.24) is 4.98 Å². The van der Waals surface area contributed by atoms with Crippen LogP contribution >= 0.6 is 0 Å². The predicted octanol–water partition coefficient (Wildman–Crippen LogP) is 5.75. The molecule has 0 saturated carbocycles. The van der Waals surface area contributed by atoms with Crippen molar-refractivity contribution in [2.24, 2.45) is 5.92 Å². The number of carbonyl (C=O) groups excluding carboxylic acids is 1. The van der Waals surface area contributed by atoms with Crippen molar-refractivity contribution in [3.63, 3.8) is 0 Å². The number of anilines is 2. The van der Waals surface area contributed by atoms with Gasteiger partial charge in [0.25, 0.3) is 5.91 Å². The van der Waals surface area contributed by atoms with Gasteiger partial charge in [-0.15, -0.1) is 0 Å². The largest absolute Gasteiger partial charge is 0.457 e. The molecule has 0 bridgehead atoms. The highest BCUT2D eigenvalue weighted by molar-refractivity contribution is 6.07. The van der Waals surface area contributed by atoms with E-state index in [0.717, 1.165) is 29.8 Å². The van der Waals surface area contributed by atoms with Crippen LogP contribution in [0.2, 0.25) is 0 Å². The Morgan fingerprint density at radius 2 is 1.84 bits per heavy atom. The van der Waals surface area contributed by atoms with Crippen LogP contribution in [-0.2, 0) is 17.8 Å². The number of carbonyl (C=O) groups is 1. The van der Waals surface area contributed by atoms with Crippen LogP contribution in [-0.4, -0.2) is 18.0 Å². The number of benzene rings is 2. The molecule has 168 valence electrons. The van der Waals surface area contributed by atoms with Crippen LogP contribution < -0.4 is 15.8 Å². The number of nitrogens with two attached hydrogens (primary N) is 1. The molecule has 0 saturated heterocycles. The Labute approximate surface area is 189 Å². The van der Waals surface area contributed by atoms with Gasteiger partial charge in [0, 0.05) is 12.8 Å². The van der Waals surface area contributed by atoms with Crippen molar-refractivity contribution in [3.8, 4) is 11.5 Å². The minimum atomic E-state index is -0.310. The molecule has 2 aromatic carbocycles. The van der Waals surface area contributed by atoms with E-state index < -0.39 is 0 Å². The number of aromatic nitrogens is 1. The number of ether oxygens (including phenoxy) is 2. The van der Waals surface area contributed by atoms with Crippen molar-refractivity contribution < 1.29 is 14.3 Å². The van der Waals surface area contributed by atoms with Gasteiger partial charge in [-0.05, 0) is 73.2 Å². The van der Waals surface area contributed by atoms with E-state index >= 15 is 0 Å². The van der Waals surface area contributed by atoms with E-state index in [9.17, 15) is 4.79 Å². The van der Waals surface area contributed by atoms with E-state index in [1.807, 2.05) is 37.3 Å². The summed E-state index contributed by atoms with van der Waals surface area (Å²) in [5.41, 5.74) is 9.74. The molecule has 0 aliphatic carbocycles. The van der Waals surface area contributed by atoms with E-state index in [0.29, 0.717) is 29.5 Å². The van der Waals surface area contributed by atoms with Crippen LogP contribution in [0.15, 0.2) is 54.6 Å². The Kier molecular flexibility index (Phi) is 7.84. The number of rotatable bonds is 9. The number of aryl methyl sites for hydroxylation is 2. The van der Waals surface area contributed by atoms with E-state index in [2.05, 4.69) is 30.2 Å². The maximum absolute atomic E-state index is 12.7. The number of hydrogen-bond acceptors (Lipinski definition) is 5. The number of nitrogens with zero attached hydrogens (tertiary/aromatic N) is 1. The lowest BCUT2D eigenvalue weighted by atomic mass is 10.0. The molecule has 1 heterocycles. The lowest BCUT2D eigenvalue weighted by molar-refractivity contribution is 0.102. The summed E-state index contributed by atoms with van der Waals surface area (Å²) < 4.78 is 11.2. The minimum Gasteiger partial charge on any atom is -0.457 e. The molecule has 6 heteroatoms. The topological polar surface area (TPSA) is 86.5 Å². The fourth-order valence-corrected chi connectivity index (χ4v) is 3.32. The molecule has 0 aliphatic heterocycles. The number of amides is 1. The van der Waals surface area contributed by atoms with Gasteiger partial charge in [-0.1, -0.05) is 32.0 Å². The molecule has 0 fully saturated rings. The molecule has 0 atom stereocenters. The number of methoxy groups -OCH3 is 1. The van der Waals surface area contributed by atoms with Gasteiger partial charge >= 0.3 is 0 Å². The van der Waals surface area contributed by atoms with Gasteiger partial charge in [-0.25, -0.2) is 4.98 Å². The predicted molar refractivity (Wildman–Crippen MR) is 128 cm³/mol. The average Bonchev–Trinajstić information content (AvgIpc) is 2.77. The molecule has 1 amide bonds. The van der Waals surface area contributed by atoms with Crippen LogP contribution in [0.3, 0.4) is 0 Å². The Balaban J connectivity index is 1.68. The minimum absolute atomic E-state index is 0.179. The summed E-state index contributed by atoms with van der Waals surface area (Å²) in [4.78, 5) is 17.0. The van der Waals surface area contributed by atoms with Crippen LogP contribution in [0.4, 0.5) is 11.5 Å². The van der Waals surface area contributed by atoms with Gasteiger partial charge in [0.15, 0.2) is 0 Å². The molecular weight excluding hydrogens is 402 g/mol. The van der Waals surface area contributed by atoms with Gasteiger partial charge in [0.05, 0.1) is 17.9 Å². The second-order valence-corrected chi connectivity index (χ2v) is 8.24.